The molecule has 0 aliphatic heterocycles. The minimum atomic E-state index is -6.07. The summed E-state index contributed by atoms with van der Waals surface area (Å²) in [4.78, 5) is 0. The van der Waals surface area contributed by atoms with E-state index in [1.165, 1.54) is 22.6 Å². The van der Waals surface area contributed by atoms with E-state index in [9.17, 15) is 30.7 Å². The van der Waals surface area contributed by atoms with E-state index in [1.807, 2.05) is 0 Å². The van der Waals surface area contributed by atoms with Gasteiger partial charge in [-0.1, -0.05) is 0 Å². The van der Waals surface area contributed by atoms with Gasteiger partial charge < -0.3 is 5.11 Å². The SMILES string of the molecule is OCCCC(I)=CC(F)(C(F)(F)F)C(F)(F)F. The fourth-order valence-corrected chi connectivity index (χ4v) is 1.67. The van der Waals surface area contributed by atoms with Crippen molar-refractivity contribution in [3.63, 3.8) is 0 Å². The van der Waals surface area contributed by atoms with E-state index in [1.54, 1.807) is 0 Å². The van der Waals surface area contributed by atoms with Gasteiger partial charge in [0, 0.05) is 6.61 Å². The second-order valence-electron chi connectivity index (χ2n) is 3.13. The quantitative estimate of drug-likeness (QED) is 0.580. The lowest BCUT2D eigenvalue weighted by Crippen LogP contribution is -2.51. The molecule has 0 rings (SSSR count). The molecule has 0 radical (unpaired) electrons. The van der Waals surface area contributed by atoms with Gasteiger partial charge in [-0.2, -0.15) is 26.3 Å². The van der Waals surface area contributed by atoms with Crippen LogP contribution in [0.5, 0.6) is 0 Å². The molecule has 0 fully saturated rings. The first kappa shape index (κ1) is 16.9. The van der Waals surface area contributed by atoms with Crippen LogP contribution < -0.4 is 0 Å². The van der Waals surface area contributed by atoms with Crippen LogP contribution in [-0.2, 0) is 0 Å². The average molecular weight is 380 g/mol. The van der Waals surface area contributed by atoms with Gasteiger partial charge in [0.05, 0.1) is 0 Å². The summed E-state index contributed by atoms with van der Waals surface area (Å²) in [6.07, 6.45) is -12.9. The Morgan fingerprint density at radius 2 is 1.41 bits per heavy atom. The number of hydrogen-bond donors (Lipinski definition) is 1. The number of allylic oxidation sites excluding steroid dienone is 2. The van der Waals surface area contributed by atoms with E-state index >= 15 is 0 Å². The summed E-state index contributed by atoms with van der Waals surface area (Å²) in [5.74, 6) is 0. The maximum Gasteiger partial charge on any atom is 0.435 e. The van der Waals surface area contributed by atoms with Crippen molar-refractivity contribution >= 4 is 22.6 Å². The summed E-state index contributed by atoms with van der Waals surface area (Å²) < 4.78 is 85.2. The molecular formula is C8H8F7IO. The van der Waals surface area contributed by atoms with Crippen LogP contribution in [0.1, 0.15) is 12.8 Å². The van der Waals surface area contributed by atoms with Gasteiger partial charge in [-0.15, -0.1) is 0 Å². The first-order valence-corrected chi connectivity index (χ1v) is 5.34. The fourth-order valence-electron chi connectivity index (χ4n) is 0.860. The Kier molecular flexibility index (Phi) is 5.70. The van der Waals surface area contributed by atoms with Crippen LogP contribution >= 0.6 is 22.6 Å². The highest BCUT2D eigenvalue weighted by Gasteiger charge is 2.71. The molecular weight excluding hydrogens is 372 g/mol. The molecule has 0 saturated heterocycles. The zero-order valence-electron chi connectivity index (χ0n) is 8.17. The Balaban J connectivity index is 5.24. The van der Waals surface area contributed by atoms with E-state index in [2.05, 4.69) is 0 Å². The fraction of sp³-hybridized carbons (Fsp3) is 0.750. The van der Waals surface area contributed by atoms with Crippen LogP contribution in [0.2, 0.25) is 0 Å². The molecule has 0 aliphatic carbocycles. The van der Waals surface area contributed by atoms with E-state index < -0.39 is 34.3 Å². The van der Waals surface area contributed by atoms with Gasteiger partial charge in [-0.25, -0.2) is 4.39 Å². The molecule has 0 aromatic carbocycles. The molecule has 1 N–H and O–H groups in total. The average Bonchev–Trinajstić information content (AvgIpc) is 2.10. The van der Waals surface area contributed by atoms with Crippen molar-refractivity contribution in [2.24, 2.45) is 0 Å². The molecule has 0 spiro atoms. The Morgan fingerprint density at radius 3 is 1.71 bits per heavy atom. The van der Waals surface area contributed by atoms with Crippen molar-refractivity contribution in [2.45, 2.75) is 30.9 Å². The topological polar surface area (TPSA) is 20.2 Å². The third-order valence-electron chi connectivity index (χ3n) is 1.75. The summed E-state index contributed by atoms with van der Waals surface area (Å²) in [5, 5.41) is 8.36. The number of hydrogen-bond acceptors (Lipinski definition) is 1. The van der Waals surface area contributed by atoms with Gasteiger partial charge in [0.25, 0.3) is 0 Å². The molecule has 102 valence electrons. The standard InChI is InChI=1S/C8H8F7IO/c9-6(7(10,11)12,8(13,14)15)4-5(16)2-1-3-17/h4,17H,1-3H2. The summed E-state index contributed by atoms with van der Waals surface area (Å²) in [6.45, 7) is -0.405. The molecule has 0 bridgehead atoms. The molecule has 0 amide bonds. The summed E-state index contributed by atoms with van der Waals surface area (Å²) in [5.41, 5.74) is -5.36. The van der Waals surface area contributed by atoms with Crippen LogP contribution in [0.4, 0.5) is 30.7 Å². The van der Waals surface area contributed by atoms with Crippen molar-refractivity contribution in [3.05, 3.63) is 9.66 Å². The van der Waals surface area contributed by atoms with Crippen LogP contribution in [0.3, 0.4) is 0 Å². The number of aliphatic hydroxyl groups excluding tert-OH is 1. The van der Waals surface area contributed by atoms with Crippen molar-refractivity contribution in [1.82, 2.24) is 0 Å². The second kappa shape index (κ2) is 5.72. The predicted molar refractivity (Wildman–Crippen MR) is 54.4 cm³/mol. The lowest BCUT2D eigenvalue weighted by atomic mass is 10.0. The zero-order valence-corrected chi connectivity index (χ0v) is 10.3. The second-order valence-corrected chi connectivity index (χ2v) is 4.51. The van der Waals surface area contributed by atoms with E-state index in [0.717, 1.165) is 0 Å². The Morgan fingerprint density at radius 1 is 1.00 bits per heavy atom. The van der Waals surface area contributed by atoms with E-state index in [-0.39, 0.29) is 12.8 Å². The molecule has 17 heavy (non-hydrogen) atoms. The van der Waals surface area contributed by atoms with Crippen LogP contribution in [0.25, 0.3) is 0 Å². The van der Waals surface area contributed by atoms with Gasteiger partial charge in [0.1, 0.15) is 0 Å². The summed E-state index contributed by atoms with van der Waals surface area (Å²) >= 11 is 1.18. The normalized spacial score (nSPS) is 15.2. The van der Waals surface area contributed by atoms with E-state index in [4.69, 9.17) is 5.11 Å². The van der Waals surface area contributed by atoms with Crippen molar-refractivity contribution in [2.75, 3.05) is 6.61 Å². The lowest BCUT2D eigenvalue weighted by molar-refractivity contribution is -0.322. The van der Waals surface area contributed by atoms with Gasteiger partial charge in [0.15, 0.2) is 0 Å². The molecule has 1 nitrogen and oxygen atoms in total. The lowest BCUT2D eigenvalue weighted by Gasteiger charge is -2.27. The van der Waals surface area contributed by atoms with Gasteiger partial charge in [0.2, 0.25) is 0 Å². The number of halogens is 8. The van der Waals surface area contributed by atoms with Crippen LogP contribution in [-0.4, -0.2) is 29.7 Å². The first-order chi connectivity index (χ1) is 7.45. The molecule has 0 atom stereocenters. The maximum absolute atomic E-state index is 13.1. The van der Waals surface area contributed by atoms with Crippen molar-refractivity contribution in [1.29, 1.82) is 0 Å². The van der Waals surface area contributed by atoms with Crippen molar-refractivity contribution < 1.29 is 35.8 Å². The molecule has 0 heterocycles. The maximum atomic E-state index is 13.1. The Bertz CT molecular complexity index is 267. The highest BCUT2D eigenvalue weighted by Crippen LogP contribution is 2.48. The molecule has 0 saturated carbocycles. The van der Waals surface area contributed by atoms with Gasteiger partial charge in [-0.05, 0) is 45.1 Å². The number of alkyl halides is 7. The third kappa shape index (κ3) is 4.27. The largest absolute Gasteiger partial charge is 0.435 e. The van der Waals surface area contributed by atoms with Gasteiger partial charge in [-0.3, -0.25) is 0 Å². The van der Waals surface area contributed by atoms with Crippen molar-refractivity contribution in [3.8, 4) is 0 Å². The highest BCUT2D eigenvalue weighted by atomic mass is 127. The monoisotopic (exact) mass is 380 g/mol. The summed E-state index contributed by atoms with van der Waals surface area (Å²) in [7, 11) is 0. The van der Waals surface area contributed by atoms with Gasteiger partial charge >= 0.3 is 18.0 Å². The summed E-state index contributed by atoms with van der Waals surface area (Å²) in [6, 6.07) is 0. The minimum Gasteiger partial charge on any atom is -0.396 e. The molecule has 0 aromatic rings. The number of aliphatic hydroxyl groups is 1. The van der Waals surface area contributed by atoms with E-state index in [0.29, 0.717) is 0 Å². The highest BCUT2D eigenvalue weighted by molar-refractivity contribution is 14.1. The minimum absolute atomic E-state index is 0.0411. The molecule has 0 unspecified atom stereocenters. The third-order valence-corrected chi connectivity index (χ3v) is 2.61. The molecule has 0 aromatic heterocycles. The predicted octanol–water partition coefficient (Wildman–Crippen LogP) is 3.91. The first-order valence-electron chi connectivity index (χ1n) is 4.26. The number of rotatable bonds is 4. The smallest absolute Gasteiger partial charge is 0.396 e. The molecule has 0 aliphatic rings. The van der Waals surface area contributed by atoms with Crippen LogP contribution in [0, 0.1) is 0 Å². The molecule has 9 heteroatoms. The zero-order chi connectivity index (χ0) is 13.9. The Labute approximate surface area is 106 Å². The van der Waals surface area contributed by atoms with Crippen LogP contribution in [0.15, 0.2) is 9.66 Å². The Hall–Kier alpha value is -0.0600.